The van der Waals surface area contributed by atoms with E-state index in [0.717, 1.165) is 37.1 Å². The maximum Gasteiger partial charge on any atom is 0.270 e. The number of anilines is 1. The van der Waals surface area contributed by atoms with Crippen molar-refractivity contribution in [3.05, 3.63) is 39.1 Å². The monoisotopic (exact) mass is 480 g/mol. The molecule has 1 aliphatic heterocycles. The van der Waals surface area contributed by atoms with Crippen molar-refractivity contribution >= 4 is 29.0 Å². The number of carbonyl (C=O) groups excluding carboxylic acids is 2. The van der Waals surface area contributed by atoms with E-state index in [9.17, 15) is 9.59 Å². The van der Waals surface area contributed by atoms with Crippen molar-refractivity contribution in [3.63, 3.8) is 0 Å². The summed E-state index contributed by atoms with van der Waals surface area (Å²) in [6.07, 6.45) is 4.35. The number of hydrogen-bond acceptors (Lipinski definition) is 9. The maximum absolute atomic E-state index is 13.3. The number of nitrogens with one attached hydrogen (secondary N) is 2. The number of rotatable bonds is 5. The summed E-state index contributed by atoms with van der Waals surface area (Å²) in [7, 11) is 2.08. The van der Waals surface area contributed by atoms with Gasteiger partial charge in [-0.2, -0.15) is 5.10 Å². The molecule has 4 heterocycles. The Hall–Kier alpha value is -3.18. The molecule has 34 heavy (non-hydrogen) atoms. The predicted molar refractivity (Wildman–Crippen MR) is 129 cm³/mol. The van der Waals surface area contributed by atoms with E-state index in [1.54, 1.807) is 11.6 Å². The summed E-state index contributed by atoms with van der Waals surface area (Å²) < 4.78 is 0. The van der Waals surface area contributed by atoms with Gasteiger partial charge in [0.2, 0.25) is 5.95 Å². The van der Waals surface area contributed by atoms with Crippen LogP contribution in [0.2, 0.25) is 0 Å². The summed E-state index contributed by atoms with van der Waals surface area (Å²) in [4.78, 5) is 41.1. The fourth-order valence-electron chi connectivity index (χ4n) is 4.83. The fourth-order valence-corrected chi connectivity index (χ4v) is 5.60. The van der Waals surface area contributed by atoms with E-state index in [4.69, 9.17) is 5.73 Å². The molecule has 0 bridgehead atoms. The number of piperidine rings is 1. The van der Waals surface area contributed by atoms with E-state index >= 15 is 0 Å². The molecule has 0 saturated carbocycles. The van der Waals surface area contributed by atoms with Gasteiger partial charge in [0.25, 0.3) is 5.91 Å². The highest BCUT2D eigenvalue weighted by Gasteiger charge is 2.38. The molecule has 0 spiro atoms. The number of fused-ring (bicyclic) bond motifs is 3. The van der Waals surface area contributed by atoms with Crippen molar-refractivity contribution in [2.45, 2.75) is 51.0 Å². The van der Waals surface area contributed by atoms with Crippen LogP contribution in [0.15, 0.2) is 11.6 Å². The van der Waals surface area contributed by atoms with Gasteiger partial charge < -0.3 is 16.0 Å². The number of nitrogens with zero attached hydrogens (tertiary/aromatic N) is 5. The van der Waals surface area contributed by atoms with E-state index in [1.165, 1.54) is 11.3 Å². The van der Waals surface area contributed by atoms with Crippen molar-refractivity contribution in [1.82, 2.24) is 35.4 Å². The highest BCUT2D eigenvalue weighted by Crippen LogP contribution is 2.43. The van der Waals surface area contributed by atoms with Crippen molar-refractivity contribution in [2.75, 3.05) is 25.9 Å². The number of hydrogen-bond donors (Lipinski definition) is 3. The van der Waals surface area contributed by atoms with Gasteiger partial charge in [0.1, 0.15) is 22.1 Å². The minimum Gasteiger partial charge on any atom is -0.368 e. The Morgan fingerprint density at radius 3 is 2.79 bits per heavy atom. The Balaban J connectivity index is 1.33. The van der Waals surface area contributed by atoms with Crippen molar-refractivity contribution in [1.29, 1.82) is 0 Å². The minimum absolute atomic E-state index is 0.0929. The number of ketones is 1. The van der Waals surface area contributed by atoms with E-state index in [0.29, 0.717) is 34.2 Å². The number of carbonyl (C=O) groups is 2. The average Bonchev–Trinajstić information content (AvgIpc) is 3.44. The molecule has 1 fully saturated rings. The third-order valence-electron chi connectivity index (χ3n) is 6.61. The van der Waals surface area contributed by atoms with Gasteiger partial charge in [-0.05, 0) is 50.4 Å². The molecule has 3 aromatic heterocycles. The third-order valence-corrected chi connectivity index (χ3v) is 7.46. The lowest BCUT2D eigenvalue weighted by molar-refractivity contribution is 0.0910. The molecule has 1 saturated heterocycles. The second-order valence-electron chi connectivity index (χ2n) is 9.76. The summed E-state index contributed by atoms with van der Waals surface area (Å²) in [6, 6.07) is 0.162. The number of amides is 1. The number of likely N-dealkylation sites (tertiary alicyclic amines) is 1. The van der Waals surface area contributed by atoms with Gasteiger partial charge in [-0.3, -0.25) is 14.7 Å². The first-order chi connectivity index (χ1) is 16.2. The zero-order valence-corrected chi connectivity index (χ0v) is 20.3. The Morgan fingerprint density at radius 1 is 1.26 bits per heavy atom. The summed E-state index contributed by atoms with van der Waals surface area (Å²) in [5.41, 5.74) is 9.38. The van der Waals surface area contributed by atoms with Gasteiger partial charge in [-0.1, -0.05) is 13.8 Å². The first-order valence-corrected chi connectivity index (χ1v) is 12.3. The molecular weight excluding hydrogens is 452 g/mol. The summed E-state index contributed by atoms with van der Waals surface area (Å²) in [5, 5.41) is 12.7. The Labute approximate surface area is 201 Å². The van der Waals surface area contributed by atoms with E-state index < -0.39 is 0 Å². The number of aromatic nitrogens is 5. The Morgan fingerprint density at radius 2 is 2.03 bits per heavy atom. The van der Waals surface area contributed by atoms with Crippen LogP contribution in [0.4, 0.5) is 5.95 Å². The molecular formula is C23H28N8O2S. The molecule has 0 radical (unpaired) electrons. The van der Waals surface area contributed by atoms with Gasteiger partial charge in [0.15, 0.2) is 5.78 Å². The van der Waals surface area contributed by atoms with Gasteiger partial charge in [-0.15, -0.1) is 11.3 Å². The second kappa shape index (κ2) is 8.55. The molecule has 5 rings (SSSR count). The van der Waals surface area contributed by atoms with Crippen LogP contribution < -0.4 is 11.1 Å². The van der Waals surface area contributed by atoms with Crippen LogP contribution in [0.1, 0.15) is 63.8 Å². The first kappa shape index (κ1) is 22.6. The topological polar surface area (TPSA) is 143 Å². The lowest BCUT2D eigenvalue weighted by atomic mass is 9.73. The van der Waals surface area contributed by atoms with Crippen LogP contribution in [0.5, 0.6) is 0 Å². The molecule has 0 aromatic carbocycles. The number of aromatic amines is 1. The summed E-state index contributed by atoms with van der Waals surface area (Å²) in [5.74, 6) is -0.128. The summed E-state index contributed by atoms with van der Waals surface area (Å²) in [6.45, 7) is 6.09. The molecule has 0 atom stereocenters. The van der Waals surface area contributed by atoms with Crippen LogP contribution in [-0.4, -0.2) is 67.9 Å². The fraction of sp³-hybridized carbons (Fsp3) is 0.478. The molecule has 3 aromatic rings. The molecule has 11 heteroatoms. The standard InChI is InChI=1S/C23H28N8O2S/c1-23(2)9-12-10-25-22(24)28-18(12)20-17(23)19(29-30-20)15(32)8-16-27-14(11-34-16)21(33)26-13-4-6-31(3)7-5-13/h10-11,13H,4-9H2,1-3H3,(H,26,33)(H,29,30)(H2,24,25,28). The SMILES string of the molecule is CN1CCC(NC(=O)c2csc(CC(=O)c3[nH]nc4c3C(C)(C)Cc3cnc(N)nc3-4)n2)CC1. The zero-order chi connectivity index (χ0) is 24.0. The zero-order valence-electron chi connectivity index (χ0n) is 19.5. The van der Waals surface area contributed by atoms with Gasteiger partial charge in [0, 0.05) is 23.2 Å². The number of Topliss-reactive ketones (excluding diaryl/α,β-unsaturated/α-hetero) is 1. The van der Waals surface area contributed by atoms with Gasteiger partial charge in [-0.25, -0.2) is 15.0 Å². The van der Waals surface area contributed by atoms with Crippen LogP contribution in [0.3, 0.4) is 0 Å². The quantitative estimate of drug-likeness (QED) is 0.471. The third kappa shape index (κ3) is 4.21. The molecule has 10 nitrogen and oxygen atoms in total. The maximum atomic E-state index is 13.3. The number of thiazole rings is 1. The van der Waals surface area contributed by atoms with Crippen LogP contribution in [-0.2, 0) is 18.3 Å². The molecule has 178 valence electrons. The molecule has 1 aliphatic carbocycles. The van der Waals surface area contributed by atoms with E-state index in [2.05, 4.69) is 56.3 Å². The van der Waals surface area contributed by atoms with Crippen LogP contribution in [0.25, 0.3) is 11.4 Å². The first-order valence-electron chi connectivity index (χ1n) is 11.4. The van der Waals surface area contributed by atoms with Gasteiger partial charge >= 0.3 is 0 Å². The Bertz CT molecular complexity index is 1260. The molecule has 2 aliphatic rings. The number of H-pyrrole nitrogens is 1. The van der Waals surface area contributed by atoms with Crippen molar-refractivity contribution in [3.8, 4) is 11.4 Å². The lowest BCUT2D eigenvalue weighted by Gasteiger charge is -2.30. The lowest BCUT2D eigenvalue weighted by Crippen LogP contribution is -2.43. The van der Waals surface area contributed by atoms with Crippen LogP contribution in [0, 0.1) is 0 Å². The second-order valence-corrected chi connectivity index (χ2v) is 10.7. The van der Waals surface area contributed by atoms with E-state index in [-0.39, 0.29) is 35.5 Å². The summed E-state index contributed by atoms with van der Waals surface area (Å²) >= 11 is 1.32. The number of nitrogens with two attached hydrogens (primary N) is 1. The largest absolute Gasteiger partial charge is 0.368 e. The van der Waals surface area contributed by atoms with E-state index in [1.807, 2.05) is 0 Å². The predicted octanol–water partition coefficient (Wildman–Crippen LogP) is 1.99. The average molecular weight is 481 g/mol. The number of nitrogen functional groups attached to an aromatic ring is 1. The Kier molecular flexibility index (Phi) is 5.68. The highest BCUT2D eigenvalue weighted by atomic mass is 32.1. The molecule has 1 amide bonds. The van der Waals surface area contributed by atoms with Crippen LogP contribution >= 0.6 is 11.3 Å². The van der Waals surface area contributed by atoms with Gasteiger partial charge in [0.05, 0.1) is 12.1 Å². The minimum atomic E-state index is -0.332. The smallest absolute Gasteiger partial charge is 0.270 e. The molecule has 4 N–H and O–H groups in total. The van der Waals surface area contributed by atoms with Crippen molar-refractivity contribution in [2.24, 2.45) is 0 Å². The molecule has 0 unspecified atom stereocenters. The normalized spacial score (nSPS) is 17.7. The highest BCUT2D eigenvalue weighted by molar-refractivity contribution is 7.10. The van der Waals surface area contributed by atoms with Crippen molar-refractivity contribution < 1.29 is 9.59 Å².